The predicted octanol–water partition coefficient (Wildman–Crippen LogP) is 2.87. The second-order valence-electron chi connectivity index (χ2n) is 8.22. The van der Waals surface area contributed by atoms with Crippen molar-refractivity contribution in [2.45, 2.75) is 31.8 Å². The van der Waals surface area contributed by atoms with Crippen molar-refractivity contribution in [2.24, 2.45) is 5.41 Å². The molecule has 2 aromatic carbocycles. The van der Waals surface area contributed by atoms with Crippen LogP contribution in [0.5, 0.6) is 0 Å². The molecule has 0 radical (unpaired) electrons. The third-order valence-electron chi connectivity index (χ3n) is 6.36. The highest BCUT2D eigenvalue weighted by atomic mass is 16.2. The maximum Gasteiger partial charge on any atom is 0.239 e. The molecule has 1 N–H and O–H groups in total. The van der Waals surface area contributed by atoms with Crippen LogP contribution >= 0.6 is 0 Å². The van der Waals surface area contributed by atoms with E-state index < -0.39 is 0 Å². The van der Waals surface area contributed by atoms with Crippen LogP contribution in [0.2, 0.25) is 0 Å². The quantitative estimate of drug-likeness (QED) is 0.924. The molecule has 1 spiro atoms. The van der Waals surface area contributed by atoms with Gasteiger partial charge in [-0.3, -0.25) is 9.69 Å². The van der Waals surface area contributed by atoms with E-state index in [0.29, 0.717) is 12.0 Å². The van der Waals surface area contributed by atoms with Gasteiger partial charge in [-0.25, -0.2) is 0 Å². The van der Waals surface area contributed by atoms with Gasteiger partial charge in [0, 0.05) is 20.1 Å². The summed E-state index contributed by atoms with van der Waals surface area (Å²) in [6, 6.07) is 14.8. The highest BCUT2D eigenvalue weighted by molar-refractivity contribution is 5.87. The number of likely N-dealkylation sites (N-methyl/N-ethyl adjacent to an activating group) is 2. The standard InChI is InChI=1S/C22H29N3O/c1-24(15-18-8-5-7-17-6-3-4-9-19(17)18)21(26)20-14-22(16-25(20)2)10-12-23-13-11-22/h3-9,20,23H,10-16H2,1-2H3. The second-order valence-corrected chi connectivity index (χ2v) is 8.22. The fourth-order valence-electron chi connectivity index (χ4n) is 4.88. The third kappa shape index (κ3) is 3.24. The molecule has 1 amide bonds. The summed E-state index contributed by atoms with van der Waals surface area (Å²) in [7, 11) is 4.07. The van der Waals surface area contributed by atoms with E-state index in [4.69, 9.17) is 0 Å². The van der Waals surface area contributed by atoms with Crippen molar-refractivity contribution in [3.63, 3.8) is 0 Å². The van der Waals surface area contributed by atoms with E-state index >= 15 is 0 Å². The fourth-order valence-corrected chi connectivity index (χ4v) is 4.88. The number of hydrogen-bond donors (Lipinski definition) is 1. The summed E-state index contributed by atoms with van der Waals surface area (Å²) in [6.45, 7) is 3.88. The van der Waals surface area contributed by atoms with Crippen LogP contribution in [0.1, 0.15) is 24.8 Å². The lowest BCUT2D eigenvalue weighted by Gasteiger charge is -2.33. The molecule has 138 valence electrons. The lowest BCUT2D eigenvalue weighted by atomic mass is 9.77. The molecule has 2 aliphatic rings. The maximum absolute atomic E-state index is 13.2. The summed E-state index contributed by atoms with van der Waals surface area (Å²) in [4.78, 5) is 17.4. The van der Waals surface area contributed by atoms with Crippen molar-refractivity contribution in [3.05, 3.63) is 48.0 Å². The number of benzene rings is 2. The van der Waals surface area contributed by atoms with E-state index in [1.54, 1.807) is 0 Å². The molecule has 0 aromatic heterocycles. The first-order valence-electron chi connectivity index (χ1n) is 9.71. The summed E-state index contributed by atoms with van der Waals surface area (Å²) in [5, 5.41) is 5.93. The fraction of sp³-hybridized carbons (Fsp3) is 0.500. The number of nitrogens with zero attached hydrogens (tertiary/aromatic N) is 2. The van der Waals surface area contributed by atoms with Crippen molar-refractivity contribution in [1.29, 1.82) is 0 Å². The number of piperidine rings is 1. The monoisotopic (exact) mass is 351 g/mol. The Morgan fingerprint density at radius 1 is 1.19 bits per heavy atom. The minimum absolute atomic E-state index is 0.0214. The molecule has 2 saturated heterocycles. The van der Waals surface area contributed by atoms with Gasteiger partial charge in [0.05, 0.1) is 6.04 Å². The Bertz CT molecular complexity index is 792. The van der Waals surface area contributed by atoms with Gasteiger partial charge in [-0.2, -0.15) is 0 Å². The average Bonchev–Trinajstić information content (AvgIpc) is 2.97. The number of carbonyl (C=O) groups excluding carboxylic acids is 1. The van der Waals surface area contributed by atoms with Crippen LogP contribution in [-0.4, -0.2) is 55.5 Å². The van der Waals surface area contributed by atoms with E-state index in [2.05, 4.69) is 59.7 Å². The van der Waals surface area contributed by atoms with Crippen LogP contribution in [0.25, 0.3) is 10.8 Å². The molecule has 4 rings (SSSR count). The van der Waals surface area contributed by atoms with Gasteiger partial charge in [-0.05, 0) is 61.2 Å². The third-order valence-corrected chi connectivity index (χ3v) is 6.36. The van der Waals surface area contributed by atoms with E-state index in [-0.39, 0.29) is 11.9 Å². The summed E-state index contributed by atoms with van der Waals surface area (Å²) in [5.74, 6) is 0.260. The molecule has 4 nitrogen and oxygen atoms in total. The SMILES string of the molecule is CN(Cc1cccc2ccccc12)C(=O)C1CC2(CCNCC2)CN1C. The average molecular weight is 351 g/mol. The zero-order valence-electron chi connectivity index (χ0n) is 15.9. The second kappa shape index (κ2) is 7.01. The number of rotatable bonds is 3. The first kappa shape index (κ1) is 17.5. The number of likely N-dealkylation sites (tertiary alicyclic amines) is 1. The zero-order valence-corrected chi connectivity index (χ0v) is 15.9. The smallest absolute Gasteiger partial charge is 0.239 e. The molecule has 2 aromatic rings. The van der Waals surface area contributed by atoms with Crippen LogP contribution < -0.4 is 5.32 Å². The van der Waals surface area contributed by atoms with Crippen molar-refractivity contribution in [1.82, 2.24) is 15.1 Å². The van der Waals surface area contributed by atoms with Crippen LogP contribution in [-0.2, 0) is 11.3 Å². The molecule has 2 aliphatic heterocycles. The number of nitrogens with one attached hydrogen (secondary N) is 1. The van der Waals surface area contributed by atoms with Crippen LogP contribution in [0.4, 0.5) is 0 Å². The van der Waals surface area contributed by atoms with Gasteiger partial charge in [-0.1, -0.05) is 42.5 Å². The molecule has 0 saturated carbocycles. The number of fused-ring (bicyclic) bond motifs is 1. The molecule has 2 heterocycles. The Balaban J connectivity index is 1.49. The number of hydrogen-bond acceptors (Lipinski definition) is 3. The van der Waals surface area contributed by atoms with Crippen LogP contribution in [0.3, 0.4) is 0 Å². The lowest BCUT2D eigenvalue weighted by Crippen LogP contribution is -2.42. The molecule has 1 atom stereocenters. The van der Waals surface area contributed by atoms with E-state index in [1.807, 2.05) is 11.9 Å². The summed E-state index contributed by atoms with van der Waals surface area (Å²) in [5.41, 5.74) is 1.55. The molecule has 4 heteroatoms. The van der Waals surface area contributed by atoms with Crippen LogP contribution in [0.15, 0.2) is 42.5 Å². The van der Waals surface area contributed by atoms with Gasteiger partial charge in [0.25, 0.3) is 0 Å². The Labute approximate surface area is 156 Å². The molecular weight excluding hydrogens is 322 g/mol. The van der Waals surface area contributed by atoms with Crippen molar-refractivity contribution in [3.8, 4) is 0 Å². The topological polar surface area (TPSA) is 35.6 Å². The Kier molecular flexibility index (Phi) is 4.72. The highest BCUT2D eigenvalue weighted by Gasteiger charge is 2.46. The minimum Gasteiger partial charge on any atom is -0.340 e. The van der Waals surface area contributed by atoms with Gasteiger partial charge in [0.2, 0.25) is 5.91 Å². The van der Waals surface area contributed by atoms with E-state index in [0.717, 1.165) is 26.1 Å². The lowest BCUT2D eigenvalue weighted by molar-refractivity contribution is -0.134. The van der Waals surface area contributed by atoms with Crippen molar-refractivity contribution in [2.75, 3.05) is 33.7 Å². The summed E-state index contributed by atoms with van der Waals surface area (Å²) >= 11 is 0. The zero-order chi connectivity index (χ0) is 18.1. The minimum atomic E-state index is 0.0214. The summed E-state index contributed by atoms with van der Waals surface area (Å²) in [6.07, 6.45) is 3.38. The molecule has 0 aliphatic carbocycles. The van der Waals surface area contributed by atoms with Gasteiger partial charge in [0.1, 0.15) is 0 Å². The maximum atomic E-state index is 13.2. The number of amides is 1. The van der Waals surface area contributed by atoms with E-state index in [9.17, 15) is 4.79 Å². The van der Waals surface area contributed by atoms with Crippen molar-refractivity contribution >= 4 is 16.7 Å². The highest BCUT2D eigenvalue weighted by Crippen LogP contribution is 2.41. The Morgan fingerprint density at radius 3 is 2.73 bits per heavy atom. The molecule has 26 heavy (non-hydrogen) atoms. The van der Waals surface area contributed by atoms with Gasteiger partial charge >= 0.3 is 0 Å². The Morgan fingerprint density at radius 2 is 1.92 bits per heavy atom. The first-order chi connectivity index (χ1) is 12.6. The molecule has 0 bridgehead atoms. The molecule has 2 fully saturated rings. The predicted molar refractivity (Wildman–Crippen MR) is 106 cm³/mol. The molecular formula is C22H29N3O. The van der Waals surface area contributed by atoms with Gasteiger partial charge in [-0.15, -0.1) is 0 Å². The largest absolute Gasteiger partial charge is 0.340 e. The van der Waals surface area contributed by atoms with Crippen molar-refractivity contribution < 1.29 is 4.79 Å². The first-order valence-corrected chi connectivity index (χ1v) is 9.71. The Hall–Kier alpha value is -1.91. The van der Waals surface area contributed by atoms with Gasteiger partial charge in [0.15, 0.2) is 0 Å². The normalized spacial score (nSPS) is 22.8. The summed E-state index contributed by atoms with van der Waals surface area (Å²) < 4.78 is 0. The number of carbonyl (C=O) groups is 1. The van der Waals surface area contributed by atoms with Crippen LogP contribution in [0, 0.1) is 5.41 Å². The van der Waals surface area contributed by atoms with Gasteiger partial charge < -0.3 is 10.2 Å². The van der Waals surface area contributed by atoms with E-state index in [1.165, 1.54) is 29.2 Å². The molecule has 1 unspecified atom stereocenters.